The van der Waals surface area contributed by atoms with Gasteiger partial charge in [-0.2, -0.15) is 10.00 Å². The zero-order valence-electron chi connectivity index (χ0n) is 15.5. The van der Waals surface area contributed by atoms with Crippen LogP contribution in [0.1, 0.15) is 48.9 Å². The van der Waals surface area contributed by atoms with Crippen LogP contribution in [0.2, 0.25) is 0 Å². The fourth-order valence-corrected chi connectivity index (χ4v) is 4.39. The Morgan fingerprint density at radius 2 is 1.93 bits per heavy atom. The average molecular weight is 375 g/mol. The van der Waals surface area contributed by atoms with E-state index >= 15 is 0 Å². The minimum atomic E-state index is -0.0914. The van der Waals surface area contributed by atoms with E-state index in [4.69, 9.17) is 5.41 Å². The second-order valence-corrected chi connectivity index (χ2v) is 7.62. The summed E-state index contributed by atoms with van der Waals surface area (Å²) < 4.78 is 1.89. The molecule has 1 saturated heterocycles. The smallest absolute Gasteiger partial charge is 0.315 e. The molecule has 3 N–H and O–H groups in total. The molecule has 7 nitrogen and oxygen atoms in total. The zero-order valence-corrected chi connectivity index (χ0v) is 15.5. The molecule has 5 rings (SSSR count). The van der Waals surface area contributed by atoms with E-state index in [1.54, 1.807) is 11.2 Å². The van der Waals surface area contributed by atoms with E-state index in [1.165, 1.54) is 0 Å². The van der Waals surface area contributed by atoms with Crippen molar-refractivity contribution in [2.75, 3.05) is 0 Å². The number of aromatic nitrogens is 3. The van der Waals surface area contributed by atoms with Gasteiger partial charge in [-0.05, 0) is 30.5 Å². The van der Waals surface area contributed by atoms with Gasteiger partial charge in [0, 0.05) is 24.1 Å². The Bertz CT molecular complexity index is 1020. The molecule has 1 aliphatic heterocycles. The Balaban J connectivity index is 1.25. The van der Waals surface area contributed by atoms with Gasteiger partial charge in [-0.25, -0.2) is 14.3 Å². The van der Waals surface area contributed by atoms with Gasteiger partial charge < -0.3 is 5.32 Å². The molecular weight excluding hydrogens is 352 g/mol. The zero-order chi connectivity index (χ0) is 19.1. The molecule has 0 radical (unpaired) electrons. The van der Waals surface area contributed by atoms with Crippen molar-refractivity contribution in [3.8, 4) is 0 Å². The highest BCUT2D eigenvalue weighted by Crippen LogP contribution is 2.38. The van der Waals surface area contributed by atoms with Crippen LogP contribution in [0.25, 0.3) is 5.65 Å². The minimum absolute atomic E-state index is 0.0148. The van der Waals surface area contributed by atoms with Crippen LogP contribution in [0.5, 0.6) is 0 Å². The van der Waals surface area contributed by atoms with E-state index in [-0.39, 0.29) is 18.1 Å². The molecule has 3 heterocycles. The molecule has 7 heteroatoms. The number of likely N-dealkylation sites (tertiary alicyclic amines) is 1. The number of carbonyl (C=O) groups excluding carboxylic acids is 1. The normalized spacial score (nSPS) is 24.4. The van der Waals surface area contributed by atoms with Gasteiger partial charge in [-0.1, -0.05) is 36.4 Å². The number of nitrogens with one attached hydrogen (secondary N) is 1. The lowest BCUT2D eigenvalue weighted by Crippen LogP contribution is -2.56. The molecule has 1 aromatic carbocycles. The number of fused-ring (bicyclic) bond motifs is 1. The van der Waals surface area contributed by atoms with Crippen molar-refractivity contribution < 1.29 is 10.2 Å². The standard InChI is InChI=1S/C21H22N6O/c22-19-10-9-17(14-5-2-1-3-6-14)26(19)21(28)25-16-11-15(12-16)18-7-4-8-20-23-13-24-27(18)20/h1-8,13,15-17,22H,9-12H2,(H,25,28)/p+1/t15?,16?,17-/m0/s1. The van der Waals surface area contributed by atoms with Crippen LogP contribution in [-0.4, -0.2) is 37.4 Å². The Hall–Kier alpha value is -3.22. The van der Waals surface area contributed by atoms with Crippen molar-refractivity contribution in [2.24, 2.45) is 0 Å². The fourth-order valence-electron chi connectivity index (χ4n) is 4.39. The SMILES string of the molecule is [NH2+]=C1CC[C@@H](c2ccccc2)N1C(=O)NC1CC(c2cccc3ncnn23)C1. The first-order valence-electron chi connectivity index (χ1n) is 9.75. The van der Waals surface area contributed by atoms with Crippen molar-refractivity contribution in [1.29, 1.82) is 0 Å². The molecule has 1 atom stereocenters. The van der Waals surface area contributed by atoms with Gasteiger partial charge in [0.1, 0.15) is 12.4 Å². The largest absolute Gasteiger partial charge is 0.409 e. The molecule has 142 valence electrons. The van der Waals surface area contributed by atoms with Gasteiger partial charge >= 0.3 is 6.03 Å². The van der Waals surface area contributed by atoms with Crippen LogP contribution in [0.3, 0.4) is 0 Å². The number of rotatable bonds is 3. The van der Waals surface area contributed by atoms with Crippen molar-refractivity contribution in [3.63, 3.8) is 0 Å². The third kappa shape index (κ3) is 2.83. The summed E-state index contributed by atoms with van der Waals surface area (Å²) in [6, 6.07) is 16.2. The van der Waals surface area contributed by atoms with E-state index in [2.05, 4.69) is 33.6 Å². The first kappa shape index (κ1) is 16.9. The average Bonchev–Trinajstić information content (AvgIpc) is 3.31. The summed E-state index contributed by atoms with van der Waals surface area (Å²) in [6.07, 6.45) is 4.98. The molecule has 2 amide bonds. The maximum atomic E-state index is 12.9. The van der Waals surface area contributed by atoms with Crippen molar-refractivity contribution in [1.82, 2.24) is 24.8 Å². The van der Waals surface area contributed by atoms with Crippen LogP contribution < -0.4 is 10.7 Å². The number of nitrogens with zero attached hydrogens (tertiary/aromatic N) is 4. The highest BCUT2D eigenvalue weighted by atomic mass is 16.2. The number of benzene rings is 1. The maximum absolute atomic E-state index is 12.9. The van der Waals surface area contributed by atoms with E-state index < -0.39 is 0 Å². The molecule has 2 fully saturated rings. The van der Waals surface area contributed by atoms with Crippen molar-refractivity contribution in [2.45, 2.75) is 43.7 Å². The van der Waals surface area contributed by atoms with Gasteiger partial charge in [0.2, 0.25) is 0 Å². The third-order valence-corrected chi connectivity index (χ3v) is 5.91. The second-order valence-electron chi connectivity index (χ2n) is 7.62. The van der Waals surface area contributed by atoms with E-state index in [0.29, 0.717) is 11.8 Å². The minimum Gasteiger partial charge on any atom is -0.315 e. The summed E-state index contributed by atoms with van der Waals surface area (Å²) in [5.41, 5.74) is 3.13. The molecule has 3 aromatic rings. The molecule has 2 aromatic heterocycles. The maximum Gasteiger partial charge on any atom is 0.409 e. The lowest BCUT2D eigenvalue weighted by molar-refractivity contribution is -0.126. The highest BCUT2D eigenvalue weighted by molar-refractivity contribution is 5.96. The Kier molecular flexibility index (Phi) is 4.07. The number of hydrogen-bond donors (Lipinski definition) is 2. The number of carbonyl (C=O) groups is 1. The van der Waals surface area contributed by atoms with Gasteiger partial charge in [-0.15, -0.1) is 0 Å². The molecule has 1 saturated carbocycles. The number of urea groups is 1. The van der Waals surface area contributed by atoms with Crippen LogP contribution in [0.15, 0.2) is 54.9 Å². The number of hydrogen-bond acceptors (Lipinski definition) is 3. The summed E-state index contributed by atoms with van der Waals surface area (Å²) in [7, 11) is 0. The van der Waals surface area contributed by atoms with Crippen LogP contribution >= 0.6 is 0 Å². The van der Waals surface area contributed by atoms with E-state index in [1.807, 2.05) is 34.8 Å². The number of nitrogens with two attached hydrogens (primary N) is 1. The van der Waals surface area contributed by atoms with E-state index in [9.17, 15) is 4.79 Å². The Morgan fingerprint density at radius 3 is 2.75 bits per heavy atom. The van der Waals surface area contributed by atoms with Crippen LogP contribution in [-0.2, 0) is 0 Å². The Morgan fingerprint density at radius 1 is 1.11 bits per heavy atom. The predicted molar refractivity (Wildman–Crippen MR) is 104 cm³/mol. The summed E-state index contributed by atoms with van der Waals surface area (Å²) in [5, 5.41) is 13.7. The van der Waals surface area contributed by atoms with Crippen LogP contribution in [0, 0.1) is 0 Å². The van der Waals surface area contributed by atoms with Crippen molar-refractivity contribution >= 4 is 17.5 Å². The van der Waals surface area contributed by atoms with Gasteiger partial charge in [0.05, 0.1) is 6.42 Å². The molecule has 0 unspecified atom stereocenters. The highest BCUT2D eigenvalue weighted by Gasteiger charge is 2.43. The van der Waals surface area contributed by atoms with E-state index in [0.717, 1.165) is 42.6 Å². The topological polar surface area (TPSA) is 88.1 Å². The fraction of sp³-hybridized carbons (Fsp3) is 0.333. The molecule has 2 aliphatic rings. The lowest BCUT2D eigenvalue weighted by Gasteiger charge is -2.36. The third-order valence-electron chi connectivity index (χ3n) is 5.91. The molecule has 1 aliphatic carbocycles. The van der Waals surface area contributed by atoms with Gasteiger partial charge in [0.25, 0.3) is 5.84 Å². The number of amides is 2. The first-order valence-corrected chi connectivity index (χ1v) is 9.75. The van der Waals surface area contributed by atoms with Crippen LogP contribution in [0.4, 0.5) is 4.79 Å². The summed E-state index contributed by atoms with van der Waals surface area (Å²) in [6.45, 7) is 0. The second kappa shape index (κ2) is 6.74. The number of amidine groups is 1. The summed E-state index contributed by atoms with van der Waals surface area (Å²) in [5.74, 6) is 1.02. The Labute approximate surface area is 162 Å². The summed E-state index contributed by atoms with van der Waals surface area (Å²) in [4.78, 5) is 18.9. The molecular formula is C21H23N6O+. The lowest BCUT2D eigenvalue weighted by atomic mass is 9.78. The molecule has 28 heavy (non-hydrogen) atoms. The predicted octanol–water partition coefficient (Wildman–Crippen LogP) is 1.68. The van der Waals surface area contributed by atoms with Crippen molar-refractivity contribution in [3.05, 3.63) is 66.1 Å². The first-order chi connectivity index (χ1) is 13.7. The molecule has 0 bridgehead atoms. The van der Waals surface area contributed by atoms with Gasteiger partial charge in [-0.3, -0.25) is 5.41 Å². The summed E-state index contributed by atoms with van der Waals surface area (Å²) >= 11 is 0. The number of pyridine rings is 1. The van der Waals surface area contributed by atoms with Gasteiger partial charge in [0.15, 0.2) is 5.65 Å². The molecule has 0 spiro atoms. The monoisotopic (exact) mass is 375 g/mol. The quantitative estimate of drug-likeness (QED) is 0.730.